The Morgan fingerprint density at radius 3 is 3.06 bits per heavy atom. The average Bonchev–Trinajstić information content (AvgIpc) is 2.87. The fourth-order valence-electron chi connectivity index (χ4n) is 1.76. The highest BCUT2D eigenvalue weighted by molar-refractivity contribution is 6.05. The molecular formula is C11H14N2O3. The fourth-order valence-corrected chi connectivity index (χ4v) is 1.76. The molecule has 1 aromatic rings. The summed E-state index contributed by atoms with van der Waals surface area (Å²) in [5.74, 6) is 0.388. The van der Waals surface area contributed by atoms with Gasteiger partial charge in [0.1, 0.15) is 5.76 Å². The number of aryl methyl sites for hydroxylation is 1. The summed E-state index contributed by atoms with van der Waals surface area (Å²) in [4.78, 5) is 24.6. The minimum Gasteiger partial charge on any atom is -0.469 e. The number of imide groups is 1. The minimum atomic E-state index is -0.325. The van der Waals surface area contributed by atoms with Gasteiger partial charge in [0.05, 0.1) is 11.8 Å². The Morgan fingerprint density at radius 1 is 1.62 bits per heavy atom. The van der Waals surface area contributed by atoms with Crippen molar-refractivity contribution in [2.75, 3.05) is 13.1 Å². The summed E-state index contributed by atoms with van der Waals surface area (Å²) in [6.45, 7) is 2.96. The maximum atomic E-state index is 12.0. The first-order valence-electron chi connectivity index (χ1n) is 5.40. The summed E-state index contributed by atoms with van der Waals surface area (Å²) in [7, 11) is 0. The van der Waals surface area contributed by atoms with E-state index in [9.17, 15) is 9.59 Å². The molecule has 5 nitrogen and oxygen atoms in total. The maximum Gasteiger partial charge on any atom is 0.324 e. The zero-order chi connectivity index (χ0) is 11.5. The van der Waals surface area contributed by atoms with Crippen LogP contribution < -0.4 is 5.32 Å². The summed E-state index contributed by atoms with van der Waals surface area (Å²) in [6, 6.07) is 1.30. The first kappa shape index (κ1) is 10.7. The van der Waals surface area contributed by atoms with Gasteiger partial charge in [-0.25, -0.2) is 4.79 Å². The van der Waals surface area contributed by atoms with E-state index in [1.165, 1.54) is 11.2 Å². The molecule has 1 aliphatic heterocycles. The van der Waals surface area contributed by atoms with Gasteiger partial charge >= 0.3 is 6.03 Å². The van der Waals surface area contributed by atoms with Crippen LogP contribution in [-0.4, -0.2) is 29.9 Å². The van der Waals surface area contributed by atoms with E-state index in [1.54, 1.807) is 6.07 Å². The van der Waals surface area contributed by atoms with Crippen LogP contribution in [0, 0.1) is 0 Å². The summed E-state index contributed by atoms with van der Waals surface area (Å²) in [6.07, 6.45) is 3.11. The SMILES string of the molecule is CCCc1occc1C(=O)N1CCNC1=O. The van der Waals surface area contributed by atoms with Crippen molar-refractivity contribution < 1.29 is 14.0 Å². The van der Waals surface area contributed by atoms with Crippen molar-refractivity contribution in [2.24, 2.45) is 0 Å². The molecule has 5 heteroatoms. The number of hydrogen-bond donors (Lipinski definition) is 1. The Bertz CT molecular complexity index is 411. The molecule has 3 amide bonds. The third-order valence-corrected chi connectivity index (χ3v) is 2.55. The van der Waals surface area contributed by atoms with E-state index < -0.39 is 0 Å². The normalized spacial score (nSPS) is 15.3. The van der Waals surface area contributed by atoms with Crippen LogP contribution in [-0.2, 0) is 6.42 Å². The highest BCUT2D eigenvalue weighted by Gasteiger charge is 2.29. The van der Waals surface area contributed by atoms with Crippen LogP contribution in [0.1, 0.15) is 29.5 Å². The highest BCUT2D eigenvalue weighted by Crippen LogP contribution is 2.16. The zero-order valence-corrected chi connectivity index (χ0v) is 9.16. The molecule has 1 N–H and O–H groups in total. The van der Waals surface area contributed by atoms with E-state index in [-0.39, 0.29) is 11.9 Å². The Morgan fingerprint density at radius 2 is 2.44 bits per heavy atom. The molecule has 0 radical (unpaired) electrons. The fraction of sp³-hybridized carbons (Fsp3) is 0.455. The van der Waals surface area contributed by atoms with Crippen LogP contribution in [0.5, 0.6) is 0 Å². The molecule has 2 heterocycles. The number of urea groups is 1. The third-order valence-electron chi connectivity index (χ3n) is 2.55. The monoisotopic (exact) mass is 222 g/mol. The lowest BCUT2D eigenvalue weighted by Gasteiger charge is -2.11. The van der Waals surface area contributed by atoms with Gasteiger partial charge in [-0.3, -0.25) is 9.69 Å². The summed E-state index contributed by atoms with van der Waals surface area (Å²) < 4.78 is 5.24. The van der Waals surface area contributed by atoms with Gasteiger partial charge in [0, 0.05) is 19.5 Å². The molecule has 0 aromatic carbocycles. The van der Waals surface area contributed by atoms with Crippen molar-refractivity contribution >= 4 is 11.9 Å². The summed E-state index contributed by atoms with van der Waals surface area (Å²) >= 11 is 0. The number of rotatable bonds is 3. The molecule has 2 rings (SSSR count). The standard InChI is InChI=1S/C11H14N2O3/c1-2-3-9-8(4-7-16-9)10(14)13-6-5-12-11(13)15/h4,7H,2-3,5-6H2,1H3,(H,12,15). The zero-order valence-electron chi connectivity index (χ0n) is 9.16. The molecule has 0 saturated carbocycles. The molecule has 1 aliphatic rings. The largest absolute Gasteiger partial charge is 0.469 e. The van der Waals surface area contributed by atoms with Gasteiger partial charge in [0.15, 0.2) is 0 Å². The third kappa shape index (κ3) is 1.80. The van der Waals surface area contributed by atoms with E-state index in [0.717, 1.165) is 6.42 Å². The molecule has 1 fully saturated rings. The maximum absolute atomic E-state index is 12.0. The van der Waals surface area contributed by atoms with Crippen molar-refractivity contribution in [1.82, 2.24) is 10.2 Å². The Hall–Kier alpha value is -1.78. The lowest BCUT2D eigenvalue weighted by molar-refractivity contribution is 0.0827. The smallest absolute Gasteiger partial charge is 0.324 e. The van der Waals surface area contributed by atoms with Gasteiger partial charge < -0.3 is 9.73 Å². The second kappa shape index (κ2) is 4.38. The van der Waals surface area contributed by atoms with E-state index in [2.05, 4.69) is 5.32 Å². The lowest BCUT2D eigenvalue weighted by atomic mass is 10.1. The van der Waals surface area contributed by atoms with Gasteiger partial charge in [-0.05, 0) is 12.5 Å². The molecule has 1 saturated heterocycles. The van der Waals surface area contributed by atoms with E-state index in [4.69, 9.17) is 4.42 Å². The Balaban J connectivity index is 2.19. The number of nitrogens with zero attached hydrogens (tertiary/aromatic N) is 1. The second-order valence-corrected chi connectivity index (χ2v) is 3.70. The number of nitrogens with one attached hydrogen (secondary N) is 1. The van der Waals surface area contributed by atoms with Crippen LogP contribution in [0.15, 0.2) is 16.7 Å². The molecular weight excluding hydrogens is 208 g/mol. The molecule has 0 spiro atoms. The number of amides is 3. The van der Waals surface area contributed by atoms with Crippen LogP contribution in [0.2, 0.25) is 0 Å². The molecule has 1 aromatic heterocycles. The number of hydrogen-bond acceptors (Lipinski definition) is 3. The first-order valence-corrected chi connectivity index (χ1v) is 5.40. The first-order chi connectivity index (χ1) is 7.74. The van der Waals surface area contributed by atoms with Crippen LogP contribution >= 0.6 is 0 Å². The second-order valence-electron chi connectivity index (χ2n) is 3.70. The minimum absolute atomic E-state index is 0.271. The van der Waals surface area contributed by atoms with Crippen molar-refractivity contribution in [3.8, 4) is 0 Å². The van der Waals surface area contributed by atoms with E-state index >= 15 is 0 Å². The molecule has 86 valence electrons. The van der Waals surface area contributed by atoms with Crippen molar-refractivity contribution in [2.45, 2.75) is 19.8 Å². The van der Waals surface area contributed by atoms with Crippen LogP contribution in [0.3, 0.4) is 0 Å². The van der Waals surface area contributed by atoms with Gasteiger partial charge in [-0.1, -0.05) is 6.92 Å². The molecule has 0 aliphatic carbocycles. The quantitative estimate of drug-likeness (QED) is 0.840. The van der Waals surface area contributed by atoms with Gasteiger partial charge in [-0.2, -0.15) is 0 Å². The lowest BCUT2D eigenvalue weighted by Crippen LogP contribution is -2.34. The van der Waals surface area contributed by atoms with Crippen molar-refractivity contribution in [1.29, 1.82) is 0 Å². The van der Waals surface area contributed by atoms with Crippen LogP contribution in [0.4, 0.5) is 4.79 Å². The average molecular weight is 222 g/mol. The molecule has 0 atom stereocenters. The van der Waals surface area contributed by atoms with Crippen molar-refractivity contribution in [3.05, 3.63) is 23.7 Å². The Labute approximate surface area is 93.4 Å². The predicted molar refractivity (Wildman–Crippen MR) is 57.1 cm³/mol. The van der Waals surface area contributed by atoms with Gasteiger partial charge in [-0.15, -0.1) is 0 Å². The molecule has 0 unspecified atom stereocenters. The molecule has 16 heavy (non-hydrogen) atoms. The number of carbonyl (C=O) groups excluding carboxylic acids is 2. The highest BCUT2D eigenvalue weighted by atomic mass is 16.3. The van der Waals surface area contributed by atoms with E-state index in [1.807, 2.05) is 6.92 Å². The Kier molecular flexibility index (Phi) is 2.94. The summed E-state index contributed by atoms with van der Waals surface area (Å²) in [5, 5.41) is 2.60. The van der Waals surface area contributed by atoms with Crippen molar-refractivity contribution in [3.63, 3.8) is 0 Å². The molecule has 0 bridgehead atoms. The predicted octanol–water partition coefficient (Wildman–Crippen LogP) is 1.40. The summed E-state index contributed by atoms with van der Waals surface area (Å²) in [5.41, 5.74) is 0.499. The van der Waals surface area contributed by atoms with Gasteiger partial charge in [0.2, 0.25) is 0 Å². The van der Waals surface area contributed by atoms with E-state index in [0.29, 0.717) is 30.8 Å². The van der Waals surface area contributed by atoms with Gasteiger partial charge in [0.25, 0.3) is 5.91 Å². The topological polar surface area (TPSA) is 62.6 Å². The van der Waals surface area contributed by atoms with Crippen LogP contribution in [0.25, 0.3) is 0 Å². The number of furan rings is 1. The number of carbonyl (C=O) groups is 2.